The highest BCUT2D eigenvalue weighted by Gasteiger charge is 2.36. The fourth-order valence-corrected chi connectivity index (χ4v) is 3.60. The molecule has 0 aliphatic carbocycles. The van der Waals surface area contributed by atoms with Crippen molar-refractivity contribution in [3.63, 3.8) is 0 Å². The van der Waals surface area contributed by atoms with E-state index in [-0.39, 0.29) is 23.8 Å². The first-order chi connectivity index (χ1) is 15.8. The highest BCUT2D eigenvalue weighted by Crippen LogP contribution is 2.24. The Morgan fingerprint density at radius 3 is 2.15 bits per heavy atom. The summed E-state index contributed by atoms with van der Waals surface area (Å²) in [6.07, 6.45) is 7.20. The van der Waals surface area contributed by atoms with Gasteiger partial charge in [0.05, 0.1) is 0 Å². The predicted octanol–water partition coefficient (Wildman–Crippen LogP) is 4.41. The Kier molecular flexibility index (Phi) is 11.1. The van der Waals surface area contributed by atoms with Gasteiger partial charge >= 0.3 is 6.09 Å². The predicted molar refractivity (Wildman–Crippen MR) is 135 cm³/mol. The molecule has 0 heterocycles. The second-order valence-corrected chi connectivity index (χ2v) is 9.83. The number of benzene rings is 1. The van der Waals surface area contributed by atoms with E-state index in [0.29, 0.717) is 17.5 Å². The van der Waals surface area contributed by atoms with Crippen LogP contribution in [0.1, 0.15) is 84.9 Å². The number of likely N-dealkylation sites (N-methyl/N-ethyl adjacent to an activating group) is 1. The van der Waals surface area contributed by atoms with Crippen LogP contribution >= 0.6 is 0 Å². The van der Waals surface area contributed by atoms with Crippen molar-refractivity contribution in [2.24, 2.45) is 5.92 Å². The van der Waals surface area contributed by atoms with Crippen molar-refractivity contribution in [3.05, 3.63) is 35.4 Å². The Balaban J connectivity index is 3.30. The Hall–Kier alpha value is -3.01. The SMILES string of the molecule is C#Cc1ccc(C(C(=O)NC(C)CCC)N(C)C(=O)C(NC(=O)OC(C)(C)C)C(C)CC)cc1. The maximum absolute atomic E-state index is 13.6. The largest absolute Gasteiger partial charge is 0.444 e. The van der Waals surface area contributed by atoms with Crippen LogP contribution < -0.4 is 10.6 Å². The zero-order chi connectivity index (χ0) is 26.1. The Bertz CT molecular complexity index is 867. The lowest BCUT2D eigenvalue weighted by Gasteiger charge is -2.34. The first kappa shape index (κ1) is 29.0. The van der Waals surface area contributed by atoms with Gasteiger partial charge in [0.15, 0.2) is 0 Å². The molecule has 0 aliphatic rings. The van der Waals surface area contributed by atoms with E-state index in [1.807, 2.05) is 27.7 Å². The smallest absolute Gasteiger partial charge is 0.408 e. The number of ether oxygens (including phenoxy) is 1. The van der Waals surface area contributed by atoms with Crippen LogP contribution in [0.3, 0.4) is 0 Å². The molecule has 7 heteroatoms. The molecule has 7 nitrogen and oxygen atoms in total. The van der Waals surface area contributed by atoms with Crippen molar-refractivity contribution in [2.75, 3.05) is 7.05 Å². The molecule has 188 valence electrons. The molecular formula is C27H41N3O4. The normalized spacial score (nSPS) is 14.7. The molecule has 0 aromatic heterocycles. The summed E-state index contributed by atoms with van der Waals surface area (Å²) in [5, 5.41) is 5.73. The number of hydrogen-bond acceptors (Lipinski definition) is 4. The van der Waals surface area contributed by atoms with Gasteiger partial charge in [0.1, 0.15) is 17.7 Å². The third-order valence-corrected chi connectivity index (χ3v) is 5.64. The van der Waals surface area contributed by atoms with Crippen LogP contribution in [0.25, 0.3) is 0 Å². The molecule has 0 bridgehead atoms. The molecule has 1 aromatic rings. The second-order valence-electron chi connectivity index (χ2n) is 9.83. The van der Waals surface area contributed by atoms with Crippen LogP contribution in [0.2, 0.25) is 0 Å². The van der Waals surface area contributed by atoms with E-state index in [2.05, 4.69) is 16.6 Å². The van der Waals surface area contributed by atoms with Crippen molar-refractivity contribution in [2.45, 2.75) is 91.5 Å². The number of amides is 3. The maximum atomic E-state index is 13.6. The summed E-state index contributed by atoms with van der Waals surface area (Å²) in [6.45, 7) is 13.1. The number of alkyl carbamates (subject to hydrolysis) is 1. The molecule has 0 radical (unpaired) electrons. The van der Waals surface area contributed by atoms with Crippen LogP contribution in [0.5, 0.6) is 0 Å². The Labute approximate surface area is 205 Å². The van der Waals surface area contributed by atoms with Gasteiger partial charge in [0.25, 0.3) is 0 Å². The van der Waals surface area contributed by atoms with Gasteiger partial charge in [-0.1, -0.05) is 51.7 Å². The zero-order valence-corrected chi connectivity index (χ0v) is 21.9. The van der Waals surface area contributed by atoms with E-state index in [1.165, 1.54) is 4.90 Å². The fourth-order valence-electron chi connectivity index (χ4n) is 3.60. The maximum Gasteiger partial charge on any atom is 0.408 e. The van der Waals surface area contributed by atoms with Crippen molar-refractivity contribution in [1.29, 1.82) is 0 Å². The van der Waals surface area contributed by atoms with Crippen LogP contribution in [0.15, 0.2) is 24.3 Å². The van der Waals surface area contributed by atoms with Crippen LogP contribution in [0, 0.1) is 18.3 Å². The van der Waals surface area contributed by atoms with E-state index in [0.717, 1.165) is 12.8 Å². The summed E-state index contributed by atoms with van der Waals surface area (Å²) >= 11 is 0. The van der Waals surface area contributed by atoms with Crippen molar-refractivity contribution in [1.82, 2.24) is 15.5 Å². The van der Waals surface area contributed by atoms with Gasteiger partial charge < -0.3 is 20.3 Å². The average Bonchev–Trinajstić information content (AvgIpc) is 2.75. The average molecular weight is 472 g/mol. The fraction of sp³-hybridized carbons (Fsp3) is 0.593. The van der Waals surface area contributed by atoms with Gasteiger partial charge in [-0.3, -0.25) is 9.59 Å². The number of carbonyl (C=O) groups is 3. The van der Waals surface area contributed by atoms with E-state index in [9.17, 15) is 14.4 Å². The van der Waals surface area contributed by atoms with Gasteiger partial charge in [-0.15, -0.1) is 6.42 Å². The highest BCUT2D eigenvalue weighted by atomic mass is 16.6. The third-order valence-electron chi connectivity index (χ3n) is 5.64. The van der Waals surface area contributed by atoms with E-state index < -0.39 is 23.8 Å². The number of nitrogens with one attached hydrogen (secondary N) is 2. The molecule has 0 spiro atoms. The molecular weight excluding hydrogens is 430 g/mol. The van der Waals surface area contributed by atoms with Crippen molar-refractivity contribution < 1.29 is 19.1 Å². The topological polar surface area (TPSA) is 87.7 Å². The minimum absolute atomic E-state index is 0.0428. The standard InChI is InChI=1S/C27H41N3O4/c1-10-13-19(5)28-24(31)23(21-16-14-20(12-3)15-17-21)30(9)25(32)22(18(4)11-2)29-26(33)34-27(6,7)8/h3,14-19,22-23H,10-11,13H2,1-2,4-9H3,(H,28,31)(H,29,33). The molecule has 0 saturated heterocycles. The molecule has 3 amide bonds. The Morgan fingerprint density at radius 2 is 1.68 bits per heavy atom. The first-order valence-corrected chi connectivity index (χ1v) is 12.0. The van der Waals surface area contributed by atoms with E-state index in [1.54, 1.807) is 52.1 Å². The van der Waals surface area contributed by atoms with Crippen LogP contribution in [-0.4, -0.2) is 47.5 Å². The summed E-state index contributed by atoms with van der Waals surface area (Å²) < 4.78 is 5.37. The van der Waals surface area contributed by atoms with Gasteiger partial charge in [-0.2, -0.15) is 0 Å². The van der Waals surface area contributed by atoms with Crippen molar-refractivity contribution in [3.8, 4) is 12.3 Å². The molecule has 0 aliphatic heterocycles. The quantitative estimate of drug-likeness (QED) is 0.495. The lowest BCUT2D eigenvalue weighted by atomic mass is 9.96. The number of nitrogens with zero attached hydrogens (tertiary/aromatic N) is 1. The van der Waals surface area contributed by atoms with Crippen molar-refractivity contribution >= 4 is 17.9 Å². The molecule has 34 heavy (non-hydrogen) atoms. The zero-order valence-electron chi connectivity index (χ0n) is 21.9. The number of rotatable bonds is 10. The number of terminal acetylenes is 1. The highest BCUT2D eigenvalue weighted by molar-refractivity contribution is 5.92. The third kappa shape index (κ3) is 8.74. The number of carbonyl (C=O) groups excluding carboxylic acids is 3. The van der Waals surface area contributed by atoms with E-state index in [4.69, 9.17) is 11.2 Å². The van der Waals surface area contributed by atoms with Gasteiger partial charge in [-0.05, 0) is 57.7 Å². The lowest BCUT2D eigenvalue weighted by Crippen LogP contribution is -2.54. The summed E-state index contributed by atoms with van der Waals surface area (Å²) in [5.74, 6) is 1.73. The van der Waals surface area contributed by atoms with Crippen LogP contribution in [0.4, 0.5) is 4.79 Å². The summed E-state index contributed by atoms with van der Waals surface area (Å²) in [6, 6.07) is 5.23. The first-order valence-electron chi connectivity index (χ1n) is 12.0. The lowest BCUT2D eigenvalue weighted by molar-refractivity contribution is -0.142. The van der Waals surface area contributed by atoms with Gasteiger partial charge in [-0.25, -0.2) is 4.79 Å². The van der Waals surface area contributed by atoms with Crippen LogP contribution in [-0.2, 0) is 14.3 Å². The molecule has 4 atom stereocenters. The summed E-state index contributed by atoms with van der Waals surface area (Å²) in [7, 11) is 1.58. The Morgan fingerprint density at radius 1 is 1.09 bits per heavy atom. The van der Waals surface area contributed by atoms with Gasteiger partial charge in [0.2, 0.25) is 11.8 Å². The molecule has 0 saturated carbocycles. The second kappa shape index (κ2) is 13.0. The molecule has 1 rings (SSSR count). The summed E-state index contributed by atoms with van der Waals surface area (Å²) in [4.78, 5) is 40.9. The van der Waals surface area contributed by atoms with Gasteiger partial charge in [0, 0.05) is 18.7 Å². The molecule has 1 aromatic carbocycles. The number of hydrogen-bond donors (Lipinski definition) is 2. The minimum Gasteiger partial charge on any atom is -0.444 e. The molecule has 2 N–H and O–H groups in total. The molecule has 4 unspecified atom stereocenters. The minimum atomic E-state index is -0.884. The van der Waals surface area contributed by atoms with E-state index >= 15 is 0 Å². The monoisotopic (exact) mass is 471 g/mol. The summed E-state index contributed by atoms with van der Waals surface area (Å²) in [5.41, 5.74) is 0.617. The molecule has 0 fully saturated rings.